The predicted octanol–water partition coefficient (Wildman–Crippen LogP) is 4.17. The van der Waals surface area contributed by atoms with E-state index in [0.717, 1.165) is 11.3 Å². The Bertz CT molecular complexity index is 1010. The maximum atomic E-state index is 12.6. The first kappa shape index (κ1) is 18.3. The van der Waals surface area contributed by atoms with Crippen LogP contribution in [0.2, 0.25) is 0 Å². The lowest BCUT2D eigenvalue weighted by Gasteiger charge is -2.05. The zero-order valence-corrected chi connectivity index (χ0v) is 14.5. The molecule has 0 bridgehead atoms. The number of nitrogens with zero attached hydrogens (tertiary/aromatic N) is 2. The number of ether oxygens (including phenoxy) is 1. The third-order valence-corrected chi connectivity index (χ3v) is 4.43. The van der Waals surface area contributed by atoms with Crippen LogP contribution in [-0.2, 0) is 0 Å². The van der Waals surface area contributed by atoms with Crippen molar-refractivity contribution in [1.29, 1.82) is 5.26 Å². The summed E-state index contributed by atoms with van der Waals surface area (Å²) in [4.78, 5) is 16.9. The molecular formula is C18H12F2N4O2S. The van der Waals surface area contributed by atoms with Crippen LogP contribution < -0.4 is 15.8 Å². The van der Waals surface area contributed by atoms with E-state index in [9.17, 15) is 13.6 Å². The average molecular weight is 386 g/mol. The zero-order valence-electron chi connectivity index (χ0n) is 13.6. The van der Waals surface area contributed by atoms with Crippen LogP contribution in [-0.4, -0.2) is 17.4 Å². The van der Waals surface area contributed by atoms with E-state index >= 15 is 0 Å². The Morgan fingerprint density at radius 2 is 2.00 bits per heavy atom. The molecule has 0 spiro atoms. The second-order valence-electron chi connectivity index (χ2n) is 5.28. The normalized spacial score (nSPS) is 10.4. The monoisotopic (exact) mass is 386 g/mol. The van der Waals surface area contributed by atoms with Crippen molar-refractivity contribution >= 4 is 33.8 Å². The fraction of sp³-hybridized carbons (Fsp3) is 0.0556. The summed E-state index contributed by atoms with van der Waals surface area (Å²) >= 11 is 1.05. The summed E-state index contributed by atoms with van der Waals surface area (Å²) in [6, 6.07) is 14.1. The molecule has 6 nitrogen and oxygen atoms in total. The molecule has 3 N–H and O–H groups in total. The van der Waals surface area contributed by atoms with E-state index in [-0.39, 0.29) is 27.8 Å². The van der Waals surface area contributed by atoms with Crippen LogP contribution in [0.4, 0.5) is 25.4 Å². The summed E-state index contributed by atoms with van der Waals surface area (Å²) in [5.74, 6) is -0.372. The molecule has 0 radical (unpaired) electrons. The highest BCUT2D eigenvalue weighted by Crippen LogP contribution is 2.30. The van der Waals surface area contributed by atoms with Crippen molar-refractivity contribution in [2.45, 2.75) is 6.61 Å². The minimum atomic E-state index is -2.93. The van der Waals surface area contributed by atoms with Gasteiger partial charge >= 0.3 is 6.61 Å². The number of carbonyl (C=O) groups excluding carboxylic acids is 1. The van der Waals surface area contributed by atoms with Gasteiger partial charge in [-0.05, 0) is 42.5 Å². The van der Waals surface area contributed by atoms with Gasteiger partial charge in [0.15, 0.2) is 5.13 Å². The summed E-state index contributed by atoms with van der Waals surface area (Å²) in [5.41, 5.74) is 7.23. The number of nitrogens with two attached hydrogens (primary N) is 1. The van der Waals surface area contributed by atoms with E-state index in [1.54, 1.807) is 24.3 Å². The molecule has 27 heavy (non-hydrogen) atoms. The number of aromatic nitrogens is 1. The van der Waals surface area contributed by atoms with Gasteiger partial charge in [0.05, 0.1) is 11.6 Å². The number of hydrogen-bond acceptors (Lipinski definition) is 7. The first-order valence-corrected chi connectivity index (χ1v) is 8.41. The van der Waals surface area contributed by atoms with Crippen LogP contribution in [0.3, 0.4) is 0 Å². The molecule has 2 aromatic carbocycles. The third kappa shape index (κ3) is 4.37. The van der Waals surface area contributed by atoms with E-state index in [4.69, 9.17) is 11.0 Å². The van der Waals surface area contributed by atoms with Gasteiger partial charge in [-0.15, -0.1) is 0 Å². The fourth-order valence-corrected chi connectivity index (χ4v) is 3.12. The van der Waals surface area contributed by atoms with Crippen molar-refractivity contribution < 1.29 is 18.3 Å². The number of nitrogens with one attached hydrogen (secondary N) is 1. The number of hydrogen-bond donors (Lipinski definition) is 2. The number of halogens is 2. The second kappa shape index (κ2) is 7.80. The molecule has 9 heteroatoms. The molecule has 0 aliphatic carbocycles. The number of benzene rings is 2. The van der Waals surface area contributed by atoms with Gasteiger partial charge in [0.2, 0.25) is 5.78 Å². The quantitative estimate of drug-likeness (QED) is 0.617. The maximum absolute atomic E-state index is 12.6. The van der Waals surface area contributed by atoms with Gasteiger partial charge in [-0.2, -0.15) is 14.0 Å². The highest BCUT2D eigenvalue weighted by molar-refractivity contribution is 7.18. The van der Waals surface area contributed by atoms with Crippen LogP contribution in [0.25, 0.3) is 0 Å². The van der Waals surface area contributed by atoms with Crippen molar-refractivity contribution in [2.24, 2.45) is 0 Å². The summed E-state index contributed by atoms with van der Waals surface area (Å²) in [6.45, 7) is -2.93. The molecule has 0 fully saturated rings. The van der Waals surface area contributed by atoms with Gasteiger partial charge in [0.1, 0.15) is 16.4 Å². The molecule has 3 aromatic rings. The zero-order chi connectivity index (χ0) is 19.4. The van der Waals surface area contributed by atoms with Gasteiger partial charge in [0.25, 0.3) is 0 Å². The molecule has 1 heterocycles. The largest absolute Gasteiger partial charge is 0.435 e. The van der Waals surface area contributed by atoms with Crippen LogP contribution in [0, 0.1) is 11.3 Å². The number of nitrogen functional groups attached to an aromatic ring is 1. The number of nitriles is 1. The van der Waals surface area contributed by atoms with Gasteiger partial charge in [-0.3, -0.25) is 4.79 Å². The van der Waals surface area contributed by atoms with Crippen molar-refractivity contribution in [2.75, 3.05) is 11.1 Å². The molecule has 0 unspecified atom stereocenters. The summed E-state index contributed by atoms with van der Waals surface area (Å²) in [6.07, 6.45) is 0. The van der Waals surface area contributed by atoms with E-state index < -0.39 is 6.61 Å². The molecule has 0 saturated heterocycles. The second-order valence-corrected chi connectivity index (χ2v) is 6.28. The predicted molar refractivity (Wildman–Crippen MR) is 97.5 cm³/mol. The average Bonchev–Trinajstić information content (AvgIpc) is 3.01. The molecule has 3 rings (SSSR count). The van der Waals surface area contributed by atoms with Crippen molar-refractivity contribution in [3.8, 4) is 11.8 Å². The molecule has 0 aliphatic rings. The first-order chi connectivity index (χ1) is 13.0. The Labute approximate surface area is 156 Å². The summed E-state index contributed by atoms with van der Waals surface area (Å²) in [7, 11) is 0. The van der Waals surface area contributed by atoms with Crippen LogP contribution in [0.5, 0.6) is 5.75 Å². The Morgan fingerprint density at radius 1 is 1.26 bits per heavy atom. The molecule has 0 saturated carbocycles. The minimum Gasteiger partial charge on any atom is -0.435 e. The molecule has 0 aliphatic heterocycles. The Hall–Kier alpha value is -3.51. The number of alkyl halides is 2. The third-order valence-electron chi connectivity index (χ3n) is 3.44. The Balaban J connectivity index is 1.79. The van der Waals surface area contributed by atoms with Crippen molar-refractivity contribution in [1.82, 2.24) is 4.98 Å². The number of rotatable bonds is 6. The minimum absolute atomic E-state index is 0.0430. The topological polar surface area (TPSA) is 101 Å². The SMILES string of the molecule is N#Cc1cccc(Nc2nc(N)c(C(=O)c3ccc(OC(F)F)cc3)s2)c1. The van der Waals surface area contributed by atoms with Gasteiger partial charge < -0.3 is 15.8 Å². The number of carbonyl (C=O) groups is 1. The van der Waals surface area contributed by atoms with Crippen LogP contribution in [0.1, 0.15) is 20.8 Å². The van der Waals surface area contributed by atoms with Gasteiger partial charge in [0, 0.05) is 11.3 Å². The molecule has 0 atom stereocenters. The lowest BCUT2D eigenvalue weighted by molar-refractivity contribution is -0.0498. The van der Waals surface area contributed by atoms with E-state index in [1.165, 1.54) is 24.3 Å². The van der Waals surface area contributed by atoms with E-state index in [0.29, 0.717) is 16.4 Å². The fourth-order valence-electron chi connectivity index (χ4n) is 2.26. The standard InChI is InChI=1S/C18H12F2N4O2S/c19-17(20)26-13-6-4-11(5-7-13)14(25)15-16(22)24-18(27-15)23-12-3-1-2-10(8-12)9-21/h1-8,17H,22H2,(H,23,24). The highest BCUT2D eigenvalue weighted by Gasteiger charge is 2.18. The van der Waals surface area contributed by atoms with Crippen LogP contribution in [0.15, 0.2) is 48.5 Å². The molecule has 1 aromatic heterocycles. The lowest BCUT2D eigenvalue weighted by Crippen LogP contribution is -2.04. The molecule has 0 amide bonds. The number of thiazole rings is 1. The summed E-state index contributed by atoms with van der Waals surface area (Å²) < 4.78 is 28.6. The molecule has 136 valence electrons. The number of anilines is 3. The molecular weight excluding hydrogens is 374 g/mol. The lowest BCUT2D eigenvalue weighted by atomic mass is 10.1. The summed E-state index contributed by atoms with van der Waals surface area (Å²) in [5, 5.41) is 12.3. The first-order valence-electron chi connectivity index (χ1n) is 7.59. The van der Waals surface area contributed by atoms with Crippen LogP contribution >= 0.6 is 11.3 Å². The van der Waals surface area contributed by atoms with Gasteiger partial charge in [-0.25, -0.2) is 4.98 Å². The van der Waals surface area contributed by atoms with E-state index in [2.05, 4.69) is 15.0 Å². The maximum Gasteiger partial charge on any atom is 0.387 e. The van der Waals surface area contributed by atoms with Gasteiger partial charge in [-0.1, -0.05) is 17.4 Å². The Morgan fingerprint density at radius 3 is 2.67 bits per heavy atom. The number of ketones is 1. The Kier molecular flexibility index (Phi) is 5.28. The van der Waals surface area contributed by atoms with Crippen molar-refractivity contribution in [3.63, 3.8) is 0 Å². The van der Waals surface area contributed by atoms with Crippen molar-refractivity contribution in [3.05, 3.63) is 64.5 Å². The van der Waals surface area contributed by atoms with E-state index in [1.807, 2.05) is 6.07 Å². The smallest absolute Gasteiger partial charge is 0.387 e. The highest BCUT2D eigenvalue weighted by atomic mass is 32.1.